The SMILES string of the molecule is c1ccc(-c2ccc(-c3ccc(N(c4ccccc4-c4cccc5c4oc4ccccc45)c4ccccc4-c4cccc5cccc(-c6ccccc6)c45)cc3)cc2-c2ccccc2)cc1. The minimum atomic E-state index is 0.879. The van der Waals surface area contributed by atoms with Gasteiger partial charge in [-0.25, -0.2) is 0 Å². The quantitative estimate of drug-likeness (QED) is 0.144. The minimum Gasteiger partial charge on any atom is -0.455 e. The van der Waals surface area contributed by atoms with E-state index in [0.29, 0.717) is 0 Å². The van der Waals surface area contributed by atoms with E-state index in [2.05, 4.69) is 260 Å². The van der Waals surface area contributed by atoms with Crippen LogP contribution in [0.25, 0.3) is 99.5 Å². The molecule has 0 saturated heterocycles. The fraction of sp³-hybridized carbons (Fsp3) is 0. The van der Waals surface area contributed by atoms with E-state index < -0.39 is 0 Å². The van der Waals surface area contributed by atoms with Gasteiger partial charge in [0.05, 0.1) is 11.4 Å². The topological polar surface area (TPSA) is 16.4 Å². The first-order valence-electron chi connectivity index (χ1n) is 22.6. The maximum absolute atomic E-state index is 6.70. The van der Waals surface area contributed by atoms with Crippen molar-refractivity contribution in [1.29, 1.82) is 0 Å². The Kier molecular flexibility index (Phi) is 9.89. The van der Waals surface area contributed by atoms with Crippen molar-refractivity contribution in [3.05, 3.63) is 261 Å². The third kappa shape index (κ3) is 6.93. The second-order valence-corrected chi connectivity index (χ2v) is 16.8. The van der Waals surface area contributed by atoms with Gasteiger partial charge in [0.25, 0.3) is 0 Å². The van der Waals surface area contributed by atoms with E-state index in [9.17, 15) is 0 Å². The summed E-state index contributed by atoms with van der Waals surface area (Å²) in [5, 5.41) is 4.64. The molecule has 2 nitrogen and oxygen atoms in total. The smallest absolute Gasteiger partial charge is 0.143 e. The molecule has 12 rings (SSSR count). The van der Waals surface area contributed by atoms with Gasteiger partial charge in [-0.1, -0.05) is 224 Å². The second kappa shape index (κ2) is 16.8. The molecule has 1 heterocycles. The van der Waals surface area contributed by atoms with Crippen LogP contribution in [0.15, 0.2) is 265 Å². The molecule has 12 aromatic rings. The molecule has 1 aromatic heterocycles. The largest absolute Gasteiger partial charge is 0.455 e. The highest BCUT2D eigenvalue weighted by Gasteiger charge is 2.24. The zero-order valence-electron chi connectivity index (χ0n) is 36.2. The summed E-state index contributed by atoms with van der Waals surface area (Å²) in [5.74, 6) is 0. The molecular weight excluding hydrogens is 799 g/mol. The Balaban J connectivity index is 1.06. The van der Waals surface area contributed by atoms with Gasteiger partial charge in [-0.15, -0.1) is 0 Å². The lowest BCUT2D eigenvalue weighted by Crippen LogP contribution is -2.12. The van der Waals surface area contributed by atoms with Crippen molar-refractivity contribution in [2.45, 2.75) is 0 Å². The molecule has 0 fully saturated rings. The molecule has 0 unspecified atom stereocenters. The molecule has 0 aliphatic heterocycles. The van der Waals surface area contributed by atoms with Crippen molar-refractivity contribution >= 4 is 49.8 Å². The van der Waals surface area contributed by atoms with Crippen molar-refractivity contribution < 1.29 is 4.42 Å². The number of nitrogens with zero attached hydrogens (tertiary/aromatic N) is 1. The van der Waals surface area contributed by atoms with Crippen LogP contribution in [0.1, 0.15) is 0 Å². The molecule has 0 spiro atoms. The summed E-state index contributed by atoms with van der Waals surface area (Å²) in [7, 11) is 0. The minimum absolute atomic E-state index is 0.879. The van der Waals surface area contributed by atoms with Crippen LogP contribution in [0.2, 0.25) is 0 Å². The monoisotopic (exact) mass is 841 g/mol. The van der Waals surface area contributed by atoms with Crippen LogP contribution in [0, 0.1) is 0 Å². The van der Waals surface area contributed by atoms with Crippen molar-refractivity contribution in [3.8, 4) is 66.8 Å². The zero-order valence-corrected chi connectivity index (χ0v) is 36.2. The Hall–Kier alpha value is -8.72. The molecule has 0 aliphatic carbocycles. The number of anilines is 3. The van der Waals surface area contributed by atoms with Gasteiger partial charge < -0.3 is 9.32 Å². The highest BCUT2D eigenvalue weighted by molar-refractivity contribution is 6.12. The van der Waals surface area contributed by atoms with Gasteiger partial charge in [-0.2, -0.15) is 0 Å². The van der Waals surface area contributed by atoms with Crippen LogP contribution in [0.5, 0.6) is 0 Å². The van der Waals surface area contributed by atoms with E-state index in [1.54, 1.807) is 0 Å². The third-order valence-corrected chi connectivity index (χ3v) is 12.9. The summed E-state index contributed by atoms with van der Waals surface area (Å²) in [6, 6.07) is 93.8. The lowest BCUT2D eigenvalue weighted by Gasteiger charge is -2.30. The highest BCUT2D eigenvalue weighted by Crippen LogP contribution is 2.49. The van der Waals surface area contributed by atoms with E-state index in [-0.39, 0.29) is 0 Å². The van der Waals surface area contributed by atoms with Crippen LogP contribution in [0.4, 0.5) is 17.1 Å². The predicted octanol–water partition coefficient (Wildman–Crippen LogP) is 18.2. The van der Waals surface area contributed by atoms with E-state index >= 15 is 0 Å². The van der Waals surface area contributed by atoms with Crippen molar-refractivity contribution in [2.75, 3.05) is 4.90 Å². The Morgan fingerprint density at radius 1 is 0.273 bits per heavy atom. The fourth-order valence-electron chi connectivity index (χ4n) is 9.84. The average Bonchev–Trinajstić information content (AvgIpc) is 3.79. The van der Waals surface area contributed by atoms with E-state index in [1.165, 1.54) is 49.7 Å². The lowest BCUT2D eigenvalue weighted by molar-refractivity contribution is 0.670. The maximum Gasteiger partial charge on any atom is 0.143 e. The van der Waals surface area contributed by atoms with Crippen LogP contribution in [-0.2, 0) is 0 Å². The van der Waals surface area contributed by atoms with E-state index in [4.69, 9.17) is 4.42 Å². The van der Waals surface area contributed by atoms with Crippen molar-refractivity contribution in [1.82, 2.24) is 0 Å². The number of hydrogen-bond donors (Lipinski definition) is 0. The maximum atomic E-state index is 6.70. The van der Waals surface area contributed by atoms with Gasteiger partial charge >= 0.3 is 0 Å². The molecule has 0 amide bonds. The summed E-state index contributed by atoms with van der Waals surface area (Å²) >= 11 is 0. The van der Waals surface area contributed by atoms with Gasteiger partial charge in [0.1, 0.15) is 11.2 Å². The van der Waals surface area contributed by atoms with Crippen LogP contribution < -0.4 is 4.90 Å². The number of fused-ring (bicyclic) bond motifs is 4. The summed E-state index contributed by atoms with van der Waals surface area (Å²) in [5.41, 5.74) is 18.9. The fourth-order valence-corrected chi connectivity index (χ4v) is 9.84. The van der Waals surface area contributed by atoms with E-state index in [1.807, 2.05) is 6.07 Å². The first-order chi connectivity index (χ1) is 32.8. The van der Waals surface area contributed by atoms with Gasteiger partial charge in [0, 0.05) is 33.2 Å². The van der Waals surface area contributed by atoms with Gasteiger partial charge in [0.15, 0.2) is 0 Å². The van der Waals surface area contributed by atoms with Crippen LogP contribution in [-0.4, -0.2) is 0 Å². The molecule has 0 N–H and O–H groups in total. The Morgan fingerprint density at radius 2 is 0.758 bits per heavy atom. The van der Waals surface area contributed by atoms with Gasteiger partial charge in [-0.05, 0) is 97.2 Å². The molecule has 0 aliphatic rings. The standard InChI is InChI=1S/C64H43NO/c1-4-19-45(20-5-1)51-42-39-49(43-59(51)47-23-8-3-9-24-47)44-37-40-50(41-38-44)65(61-35-14-11-28-54(61)57-32-18-33-58-55-29-12-15-36-62(55)66-64(57)58)60-34-13-10-27-53(60)56-31-17-26-48-25-16-30-52(63(48)56)46-21-6-2-7-22-46/h1-43H. The highest BCUT2D eigenvalue weighted by atomic mass is 16.3. The third-order valence-electron chi connectivity index (χ3n) is 12.9. The van der Waals surface area contributed by atoms with Crippen molar-refractivity contribution in [3.63, 3.8) is 0 Å². The van der Waals surface area contributed by atoms with Crippen LogP contribution in [0.3, 0.4) is 0 Å². The van der Waals surface area contributed by atoms with Gasteiger partial charge in [0.2, 0.25) is 0 Å². The number of para-hydroxylation sites is 4. The molecule has 0 atom stereocenters. The molecule has 310 valence electrons. The Morgan fingerprint density at radius 3 is 1.44 bits per heavy atom. The van der Waals surface area contributed by atoms with Crippen LogP contribution >= 0.6 is 0 Å². The van der Waals surface area contributed by atoms with Gasteiger partial charge in [-0.3, -0.25) is 0 Å². The van der Waals surface area contributed by atoms with Crippen molar-refractivity contribution in [2.24, 2.45) is 0 Å². The predicted molar refractivity (Wildman–Crippen MR) is 279 cm³/mol. The number of benzene rings is 11. The average molecular weight is 842 g/mol. The Bertz CT molecular complexity index is 3680. The summed E-state index contributed by atoms with van der Waals surface area (Å²) < 4.78 is 6.70. The molecule has 0 saturated carbocycles. The first kappa shape index (κ1) is 38.9. The van der Waals surface area contributed by atoms with E-state index in [0.717, 1.165) is 66.8 Å². The number of rotatable bonds is 9. The zero-order chi connectivity index (χ0) is 43.8. The Labute approximate surface area is 384 Å². The second-order valence-electron chi connectivity index (χ2n) is 16.8. The molecule has 2 heteroatoms. The molecule has 11 aromatic carbocycles. The number of hydrogen-bond acceptors (Lipinski definition) is 2. The normalized spacial score (nSPS) is 11.3. The first-order valence-corrected chi connectivity index (χ1v) is 22.6. The summed E-state index contributed by atoms with van der Waals surface area (Å²) in [6.45, 7) is 0. The summed E-state index contributed by atoms with van der Waals surface area (Å²) in [6.07, 6.45) is 0. The molecular formula is C64H43NO. The molecule has 0 bridgehead atoms. The summed E-state index contributed by atoms with van der Waals surface area (Å²) in [4.78, 5) is 2.44. The molecule has 66 heavy (non-hydrogen) atoms. The number of furan rings is 1. The molecule has 0 radical (unpaired) electrons. The lowest BCUT2D eigenvalue weighted by atomic mass is 9.90.